The van der Waals surface area contributed by atoms with Crippen LogP contribution in [0, 0.1) is 0 Å². The van der Waals surface area contributed by atoms with Crippen molar-refractivity contribution < 1.29 is 4.42 Å². The molecule has 1 unspecified atom stereocenters. The van der Waals surface area contributed by atoms with Crippen molar-refractivity contribution in [2.45, 2.75) is 26.4 Å². The number of aryl methyl sites for hydroxylation is 1. The second-order valence-electron chi connectivity index (χ2n) is 3.71. The quantitative estimate of drug-likeness (QED) is 0.923. The van der Waals surface area contributed by atoms with E-state index in [1.165, 1.54) is 0 Å². The van der Waals surface area contributed by atoms with Gasteiger partial charge in [-0.15, -0.1) is 0 Å². The smallest absolute Gasteiger partial charge is 0.174 e. The van der Waals surface area contributed by atoms with Crippen molar-refractivity contribution in [2.24, 2.45) is 0 Å². The minimum absolute atomic E-state index is 0.107. The first-order valence-corrected chi connectivity index (χ1v) is 6.55. The van der Waals surface area contributed by atoms with Crippen molar-refractivity contribution in [3.8, 4) is 0 Å². The number of hydrogen-bond acceptors (Lipinski definition) is 3. The van der Waals surface area contributed by atoms with Gasteiger partial charge in [-0.05, 0) is 41.5 Å². The van der Waals surface area contributed by atoms with E-state index in [0.717, 1.165) is 29.0 Å². The lowest BCUT2D eigenvalue weighted by Gasteiger charge is -2.18. The predicted molar refractivity (Wildman–Crippen MR) is 69.8 cm³/mol. The van der Waals surface area contributed by atoms with E-state index in [-0.39, 0.29) is 6.04 Å². The number of furan rings is 1. The standard InChI is InChI=1S/C12H16BrN3O/c1-3-14-11(9-6-8-17-12(9)13)10-5-7-15-16(10)4-2/h5-8,11,14H,3-4H2,1-2H3. The van der Waals surface area contributed by atoms with E-state index in [0.29, 0.717) is 0 Å². The second kappa shape index (κ2) is 5.51. The van der Waals surface area contributed by atoms with E-state index in [1.54, 1.807) is 6.26 Å². The lowest BCUT2D eigenvalue weighted by molar-refractivity contribution is 0.510. The molecule has 0 spiro atoms. The summed E-state index contributed by atoms with van der Waals surface area (Å²) >= 11 is 3.43. The van der Waals surface area contributed by atoms with Gasteiger partial charge in [0.1, 0.15) is 0 Å². The Bertz CT molecular complexity index is 478. The Hall–Kier alpha value is -1.07. The highest BCUT2D eigenvalue weighted by Gasteiger charge is 2.20. The zero-order valence-corrected chi connectivity index (χ0v) is 11.6. The van der Waals surface area contributed by atoms with E-state index < -0.39 is 0 Å². The highest BCUT2D eigenvalue weighted by atomic mass is 79.9. The van der Waals surface area contributed by atoms with Crippen LogP contribution < -0.4 is 5.32 Å². The minimum Gasteiger partial charge on any atom is -0.457 e. The molecule has 0 aliphatic heterocycles. The van der Waals surface area contributed by atoms with Crippen LogP contribution in [0.15, 0.2) is 33.7 Å². The number of hydrogen-bond donors (Lipinski definition) is 1. The third-order valence-corrected chi connectivity index (χ3v) is 3.35. The molecule has 0 fully saturated rings. The highest BCUT2D eigenvalue weighted by Crippen LogP contribution is 2.29. The molecular weight excluding hydrogens is 282 g/mol. The molecule has 2 aromatic rings. The summed E-state index contributed by atoms with van der Waals surface area (Å²) in [5, 5.41) is 7.76. The summed E-state index contributed by atoms with van der Waals surface area (Å²) in [5.74, 6) is 0. The third-order valence-electron chi connectivity index (χ3n) is 2.71. The van der Waals surface area contributed by atoms with Gasteiger partial charge in [0.15, 0.2) is 4.67 Å². The normalized spacial score (nSPS) is 12.9. The lowest BCUT2D eigenvalue weighted by Crippen LogP contribution is -2.24. The Kier molecular flexibility index (Phi) is 4.02. The van der Waals surface area contributed by atoms with Gasteiger partial charge in [-0.25, -0.2) is 0 Å². The summed E-state index contributed by atoms with van der Waals surface area (Å²) in [5.41, 5.74) is 2.25. The SMILES string of the molecule is CCNC(c1ccoc1Br)c1ccnn1CC. The average molecular weight is 298 g/mol. The highest BCUT2D eigenvalue weighted by molar-refractivity contribution is 9.10. The van der Waals surface area contributed by atoms with E-state index in [2.05, 4.69) is 40.2 Å². The Morgan fingerprint density at radius 2 is 2.29 bits per heavy atom. The maximum absolute atomic E-state index is 5.31. The molecule has 0 saturated heterocycles. The summed E-state index contributed by atoms with van der Waals surface area (Å²) in [4.78, 5) is 0. The molecular formula is C12H16BrN3O. The van der Waals surface area contributed by atoms with Crippen LogP contribution >= 0.6 is 15.9 Å². The summed E-state index contributed by atoms with van der Waals surface area (Å²) in [7, 11) is 0. The number of nitrogens with one attached hydrogen (secondary N) is 1. The van der Waals surface area contributed by atoms with E-state index in [1.807, 2.05) is 23.0 Å². The van der Waals surface area contributed by atoms with Crippen molar-refractivity contribution in [1.29, 1.82) is 0 Å². The molecule has 2 rings (SSSR count). The molecule has 5 heteroatoms. The Morgan fingerprint density at radius 1 is 1.47 bits per heavy atom. The van der Waals surface area contributed by atoms with Crippen LogP contribution in [0.25, 0.3) is 0 Å². The number of halogens is 1. The van der Waals surface area contributed by atoms with Crippen LogP contribution in [0.5, 0.6) is 0 Å². The van der Waals surface area contributed by atoms with Gasteiger partial charge in [-0.3, -0.25) is 4.68 Å². The average Bonchev–Trinajstić information content (AvgIpc) is 2.94. The molecule has 4 nitrogen and oxygen atoms in total. The molecule has 2 aromatic heterocycles. The van der Waals surface area contributed by atoms with Crippen LogP contribution in [0.1, 0.15) is 31.1 Å². The van der Waals surface area contributed by atoms with E-state index in [9.17, 15) is 0 Å². The second-order valence-corrected chi connectivity index (χ2v) is 4.43. The Morgan fingerprint density at radius 3 is 2.88 bits per heavy atom. The van der Waals surface area contributed by atoms with Gasteiger partial charge in [0.05, 0.1) is 18.0 Å². The van der Waals surface area contributed by atoms with Gasteiger partial charge < -0.3 is 9.73 Å². The van der Waals surface area contributed by atoms with Gasteiger partial charge in [-0.2, -0.15) is 5.10 Å². The van der Waals surface area contributed by atoms with Crippen molar-refractivity contribution in [1.82, 2.24) is 15.1 Å². The molecule has 0 radical (unpaired) electrons. The molecule has 1 N–H and O–H groups in total. The summed E-state index contributed by atoms with van der Waals surface area (Å²) < 4.78 is 8.07. The third kappa shape index (κ3) is 2.45. The van der Waals surface area contributed by atoms with Crippen LogP contribution in [-0.4, -0.2) is 16.3 Å². The van der Waals surface area contributed by atoms with Crippen molar-refractivity contribution >= 4 is 15.9 Å². The first-order chi connectivity index (χ1) is 8.27. The zero-order valence-electron chi connectivity index (χ0n) is 9.98. The summed E-state index contributed by atoms with van der Waals surface area (Å²) in [6.07, 6.45) is 3.52. The zero-order chi connectivity index (χ0) is 12.3. The summed E-state index contributed by atoms with van der Waals surface area (Å²) in [6.45, 7) is 5.93. The number of nitrogens with zero attached hydrogens (tertiary/aromatic N) is 2. The van der Waals surface area contributed by atoms with Gasteiger partial charge >= 0.3 is 0 Å². The van der Waals surface area contributed by atoms with E-state index >= 15 is 0 Å². The fourth-order valence-corrected chi connectivity index (χ4v) is 2.41. The molecule has 0 amide bonds. The maximum Gasteiger partial charge on any atom is 0.174 e. The van der Waals surface area contributed by atoms with Crippen molar-refractivity contribution in [3.05, 3.63) is 40.5 Å². The molecule has 0 aliphatic rings. The molecule has 0 saturated carbocycles. The molecule has 1 atom stereocenters. The van der Waals surface area contributed by atoms with Gasteiger partial charge in [-0.1, -0.05) is 6.92 Å². The van der Waals surface area contributed by atoms with Crippen LogP contribution in [0.2, 0.25) is 0 Å². The predicted octanol–water partition coefficient (Wildman–Crippen LogP) is 2.96. The lowest BCUT2D eigenvalue weighted by atomic mass is 10.1. The molecule has 2 heterocycles. The van der Waals surface area contributed by atoms with Gasteiger partial charge in [0, 0.05) is 18.3 Å². The first-order valence-electron chi connectivity index (χ1n) is 5.75. The first kappa shape index (κ1) is 12.4. The number of rotatable bonds is 5. The van der Waals surface area contributed by atoms with E-state index in [4.69, 9.17) is 4.42 Å². The Labute approximate surface area is 109 Å². The van der Waals surface area contributed by atoms with Gasteiger partial charge in [0.2, 0.25) is 0 Å². The van der Waals surface area contributed by atoms with Crippen molar-refractivity contribution in [3.63, 3.8) is 0 Å². The Balaban J connectivity index is 2.39. The van der Waals surface area contributed by atoms with Crippen molar-refractivity contribution in [2.75, 3.05) is 6.54 Å². The van der Waals surface area contributed by atoms with Crippen LogP contribution in [0.3, 0.4) is 0 Å². The topological polar surface area (TPSA) is 43.0 Å². The molecule has 0 aromatic carbocycles. The monoisotopic (exact) mass is 297 g/mol. The van der Waals surface area contributed by atoms with Crippen LogP contribution in [-0.2, 0) is 6.54 Å². The molecule has 0 bridgehead atoms. The molecule has 0 aliphatic carbocycles. The molecule has 92 valence electrons. The van der Waals surface area contributed by atoms with Gasteiger partial charge in [0.25, 0.3) is 0 Å². The maximum atomic E-state index is 5.31. The largest absolute Gasteiger partial charge is 0.457 e. The minimum atomic E-state index is 0.107. The summed E-state index contributed by atoms with van der Waals surface area (Å²) in [6, 6.07) is 4.12. The fourth-order valence-electron chi connectivity index (χ4n) is 1.94. The fraction of sp³-hybridized carbons (Fsp3) is 0.417. The number of aromatic nitrogens is 2. The molecule has 17 heavy (non-hydrogen) atoms. The van der Waals surface area contributed by atoms with Crippen LogP contribution in [0.4, 0.5) is 0 Å².